The van der Waals surface area contributed by atoms with Gasteiger partial charge in [-0.2, -0.15) is 52.7 Å². The third kappa shape index (κ3) is 11.9. The molecule has 0 amide bonds. The third-order valence-electron chi connectivity index (χ3n) is 9.34. The fraction of sp³-hybridized carbons (Fsp3) is 0.400. The van der Waals surface area contributed by atoms with Crippen molar-refractivity contribution in [1.82, 2.24) is 10.6 Å². The lowest BCUT2D eigenvalue weighted by atomic mass is 9.94. The quantitative estimate of drug-likeness (QED) is 0.174. The van der Waals surface area contributed by atoms with Crippen LogP contribution in [0, 0.1) is 0 Å². The number of hydrogen-bond donors (Lipinski definition) is 2. The minimum atomic E-state index is -4.87. The molecule has 4 nitrogen and oxygen atoms in total. The molecule has 0 spiro atoms. The van der Waals surface area contributed by atoms with Crippen LogP contribution in [0.2, 0.25) is 0 Å². The number of nitrogens with one attached hydrogen (secondary N) is 2. The first kappa shape index (κ1) is 43.0. The van der Waals surface area contributed by atoms with E-state index in [1.165, 1.54) is 0 Å². The van der Waals surface area contributed by atoms with Crippen LogP contribution in [0.15, 0.2) is 97.1 Å². The van der Waals surface area contributed by atoms with Crippen LogP contribution in [0.4, 0.5) is 52.7 Å². The predicted octanol–water partition coefficient (Wildman–Crippen LogP) is 11.5. The summed E-state index contributed by atoms with van der Waals surface area (Å²) in [6, 6.07) is 21.6. The van der Waals surface area contributed by atoms with Gasteiger partial charge < -0.3 is 20.1 Å². The number of alkyl halides is 12. The van der Waals surface area contributed by atoms with Gasteiger partial charge in [0.05, 0.1) is 59.8 Å². The molecular formula is C40H38F12N2O2. The smallest absolute Gasteiger partial charge is 0.372 e. The molecule has 56 heavy (non-hydrogen) atoms. The molecule has 0 bridgehead atoms. The van der Waals surface area contributed by atoms with Gasteiger partial charge in [-0.25, -0.2) is 0 Å². The highest BCUT2D eigenvalue weighted by Gasteiger charge is 2.39. The summed E-state index contributed by atoms with van der Waals surface area (Å²) in [7, 11) is 0. The molecule has 4 atom stereocenters. The summed E-state index contributed by atoms with van der Waals surface area (Å²) in [5.74, 6) is 0. The first-order chi connectivity index (χ1) is 26.3. The highest BCUT2D eigenvalue weighted by molar-refractivity contribution is 5.34. The van der Waals surface area contributed by atoms with Gasteiger partial charge in [-0.3, -0.25) is 0 Å². The molecule has 0 aromatic heterocycles. The minimum Gasteiger partial charge on any atom is -0.372 e. The van der Waals surface area contributed by atoms with E-state index >= 15 is 0 Å². The lowest BCUT2D eigenvalue weighted by Gasteiger charge is -2.33. The van der Waals surface area contributed by atoms with Crippen molar-refractivity contribution in [1.29, 1.82) is 0 Å². The molecule has 2 heterocycles. The van der Waals surface area contributed by atoms with Crippen LogP contribution < -0.4 is 10.6 Å². The Morgan fingerprint density at radius 2 is 0.750 bits per heavy atom. The Kier molecular flexibility index (Phi) is 13.8. The van der Waals surface area contributed by atoms with Gasteiger partial charge in [0.1, 0.15) is 0 Å². The van der Waals surface area contributed by atoms with Crippen molar-refractivity contribution in [3.63, 3.8) is 0 Å². The molecule has 2 fully saturated rings. The van der Waals surface area contributed by atoms with Crippen molar-refractivity contribution in [2.75, 3.05) is 13.1 Å². The fourth-order valence-electron chi connectivity index (χ4n) is 6.67. The zero-order chi connectivity index (χ0) is 40.7. The lowest BCUT2D eigenvalue weighted by molar-refractivity contribution is -0.144. The normalized spacial score (nSPS) is 20.9. The Morgan fingerprint density at radius 3 is 1.04 bits per heavy atom. The van der Waals surface area contributed by atoms with Crippen LogP contribution in [0.5, 0.6) is 0 Å². The molecule has 16 heteroatoms. The molecule has 2 saturated heterocycles. The lowest BCUT2D eigenvalue weighted by Crippen LogP contribution is -2.39. The average molecular weight is 807 g/mol. The Bertz CT molecular complexity index is 1650. The van der Waals surface area contributed by atoms with Gasteiger partial charge in [-0.15, -0.1) is 0 Å². The van der Waals surface area contributed by atoms with E-state index in [9.17, 15) is 52.7 Å². The molecule has 2 N–H and O–H groups in total. The van der Waals surface area contributed by atoms with Crippen LogP contribution in [-0.4, -0.2) is 25.3 Å². The van der Waals surface area contributed by atoms with Crippen molar-refractivity contribution in [2.45, 2.75) is 87.9 Å². The van der Waals surface area contributed by atoms with E-state index in [2.05, 4.69) is 10.6 Å². The molecular weight excluding hydrogens is 768 g/mol. The third-order valence-corrected chi connectivity index (χ3v) is 9.34. The number of benzene rings is 4. The van der Waals surface area contributed by atoms with Crippen molar-refractivity contribution < 1.29 is 62.2 Å². The maximum atomic E-state index is 13.0. The van der Waals surface area contributed by atoms with E-state index in [4.69, 9.17) is 9.47 Å². The summed E-state index contributed by atoms with van der Waals surface area (Å²) >= 11 is 0. The van der Waals surface area contributed by atoms with Crippen molar-refractivity contribution >= 4 is 0 Å². The summed E-state index contributed by atoms with van der Waals surface area (Å²) in [5, 5.41) is 6.62. The molecule has 2 aliphatic rings. The summed E-state index contributed by atoms with van der Waals surface area (Å²) in [4.78, 5) is 0. The van der Waals surface area contributed by atoms with Gasteiger partial charge in [0, 0.05) is 0 Å². The van der Waals surface area contributed by atoms with Crippen LogP contribution in [0.1, 0.15) is 82.3 Å². The van der Waals surface area contributed by atoms with Crippen LogP contribution in [0.3, 0.4) is 0 Å². The number of hydrogen-bond acceptors (Lipinski definition) is 4. The largest absolute Gasteiger partial charge is 0.416 e. The summed E-state index contributed by atoms with van der Waals surface area (Å²) in [6.07, 6.45) is -17.2. The van der Waals surface area contributed by atoms with E-state index in [-0.39, 0.29) is 60.8 Å². The second kappa shape index (κ2) is 18.0. The van der Waals surface area contributed by atoms with E-state index in [1.54, 1.807) is 0 Å². The van der Waals surface area contributed by atoms with E-state index in [0.717, 1.165) is 37.1 Å². The number of rotatable bonds is 8. The average Bonchev–Trinajstić information content (AvgIpc) is 3.16. The fourth-order valence-corrected chi connectivity index (χ4v) is 6.67. The van der Waals surface area contributed by atoms with Gasteiger partial charge >= 0.3 is 24.7 Å². The maximum Gasteiger partial charge on any atom is 0.416 e. The minimum absolute atomic E-state index is 0.123. The molecule has 0 unspecified atom stereocenters. The standard InChI is InChI=1S/2C20H19F6NO/c2*21-19(22,23)15-9-13(10-16(11-15)20(24,25)26)12-28-17-7-4-8-27-18(17)14-5-2-1-3-6-14/h2*1-3,5-6,9-11,17-18,27H,4,7-8,12H2/t2*17-,18-/m00/s1. The Morgan fingerprint density at radius 1 is 0.446 bits per heavy atom. The van der Waals surface area contributed by atoms with E-state index in [0.29, 0.717) is 37.1 Å². The van der Waals surface area contributed by atoms with E-state index < -0.39 is 47.0 Å². The second-order valence-electron chi connectivity index (χ2n) is 13.5. The van der Waals surface area contributed by atoms with Gasteiger partial charge in [0.2, 0.25) is 0 Å². The molecule has 0 radical (unpaired) electrons. The van der Waals surface area contributed by atoms with Crippen LogP contribution in [-0.2, 0) is 47.4 Å². The molecule has 304 valence electrons. The van der Waals surface area contributed by atoms with Gasteiger partial charge in [0.15, 0.2) is 0 Å². The zero-order valence-electron chi connectivity index (χ0n) is 29.6. The Labute approximate surface area is 315 Å². The van der Waals surface area contributed by atoms with E-state index in [1.807, 2.05) is 60.7 Å². The van der Waals surface area contributed by atoms with Crippen molar-refractivity contribution in [3.8, 4) is 0 Å². The van der Waals surface area contributed by atoms with Crippen LogP contribution >= 0.6 is 0 Å². The number of halogens is 12. The monoisotopic (exact) mass is 806 g/mol. The molecule has 0 saturated carbocycles. The summed E-state index contributed by atoms with van der Waals surface area (Å²) in [6.45, 7) is 0.869. The molecule has 4 aromatic carbocycles. The second-order valence-corrected chi connectivity index (χ2v) is 13.5. The van der Waals surface area contributed by atoms with Gasteiger partial charge in [-0.1, -0.05) is 60.7 Å². The first-order valence-corrected chi connectivity index (χ1v) is 17.7. The molecule has 4 aromatic rings. The summed E-state index contributed by atoms with van der Waals surface area (Å²) in [5.41, 5.74) is -3.70. The molecule has 0 aliphatic carbocycles. The van der Waals surface area contributed by atoms with Gasteiger partial charge in [-0.05, 0) is 97.4 Å². The summed E-state index contributed by atoms with van der Waals surface area (Å²) < 4.78 is 168. The SMILES string of the molecule is FC(F)(F)c1cc(CO[C@H]2CCCN[C@H]2c2ccccc2)cc(C(F)(F)F)c1.FC(F)(F)c1cc(CO[C@H]2CCCN[C@H]2c2ccccc2)cc(C(F)(F)F)c1. The van der Waals surface area contributed by atoms with Crippen molar-refractivity contribution in [3.05, 3.63) is 142 Å². The molecule has 6 rings (SSSR count). The maximum absolute atomic E-state index is 13.0. The van der Waals surface area contributed by atoms with Crippen LogP contribution in [0.25, 0.3) is 0 Å². The zero-order valence-corrected chi connectivity index (χ0v) is 29.6. The number of piperidine rings is 2. The number of ether oxygens (including phenoxy) is 2. The topological polar surface area (TPSA) is 42.5 Å². The highest BCUT2D eigenvalue weighted by atomic mass is 19.4. The Balaban J connectivity index is 0.000000214. The van der Waals surface area contributed by atoms with Crippen molar-refractivity contribution in [2.24, 2.45) is 0 Å². The highest BCUT2D eigenvalue weighted by Crippen LogP contribution is 2.39. The predicted molar refractivity (Wildman–Crippen MR) is 183 cm³/mol. The Hall–Kier alpha value is -4.12. The first-order valence-electron chi connectivity index (χ1n) is 17.7. The van der Waals surface area contributed by atoms with Gasteiger partial charge in [0.25, 0.3) is 0 Å². The molecule has 2 aliphatic heterocycles.